The summed E-state index contributed by atoms with van der Waals surface area (Å²) in [5.74, 6) is 0.758. The number of hydrogen-bond acceptors (Lipinski definition) is 3. The summed E-state index contributed by atoms with van der Waals surface area (Å²) < 4.78 is 0.777. The second kappa shape index (κ2) is 6.73. The van der Waals surface area contributed by atoms with Gasteiger partial charge in [0.1, 0.15) is 0 Å². The minimum absolute atomic E-state index is 0.125. The number of carbonyl (C=O) groups is 1. The van der Waals surface area contributed by atoms with Gasteiger partial charge in [0.2, 0.25) is 5.91 Å². The van der Waals surface area contributed by atoms with Crippen LogP contribution in [0.5, 0.6) is 0 Å². The van der Waals surface area contributed by atoms with Gasteiger partial charge in [-0.2, -0.15) is 0 Å². The third-order valence-electron chi connectivity index (χ3n) is 3.95. The van der Waals surface area contributed by atoms with Gasteiger partial charge in [0, 0.05) is 17.3 Å². The van der Waals surface area contributed by atoms with Crippen molar-refractivity contribution in [2.45, 2.75) is 32.7 Å². The molecule has 0 bridgehead atoms. The van der Waals surface area contributed by atoms with E-state index < -0.39 is 0 Å². The molecule has 19 heavy (non-hydrogen) atoms. The highest BCUT2D eigenvalue weighted by Crippen LogP contribution is 2.33. The second-order valence-corrected chi connectivity index (χ2v) is 6.89. The molecule has 0 aliphatic heterocycles. The van der Waals surface area contributed by atoms with Crippen LogP contribution in [0.4, 0.5) is 0 Å². The van der Waals surface area contributed by atoms with Gasteiger partial charge in [-0.3, -0.25) is 4.79 Å². The third-order valence-corrected chi connectivity index (χ3v) is 5.16. The molecule has 2 atom stereocenters. The van der Waals surface area contributed by atoms with Crippen molar-refractivity contribution >= 4 is 28.8 Å². The first-order valence-electron chi connectivity index (χ1n) is 6.88. The Morgan fingerprint density at radius 2 is 2.32 bits per heavy atom. The number of nitrogens with zero attached hydrogens (tertiary/aromatic N) is 1. The Morgan fingerprint density at radius 1 is 1.53 bits per heavy atom. The summed E-state index contributed by atoms with van der Waals surface area (Å²) in [6.45, 7) is 4.06. The van der Waals surface area contributed by atoms with E-state index in [1.807, 2.05) is 24.0 Å². The summed E-state index contributed by atoms with van der Waals surface area (Å²) in [4.78, 5) is 15.7. The summed E-state index contributed by atoms with van der Waals surface area (Å²) in [5.41, 5.74) is 5.77. The van der Waals surface area contributed by atoms with Crippen molar-refractivity contribution in [3.63, 3.8) is 0 Å². The number of rotatable bonds is 5. The van der Waals surface area contributed by atoms with Crippen molar-refractivity contribution in [2.24, 2.45) is 17.6 Å². The van der Waals surface area contributed by atoms with Crippen LogP contribution in [-0.2, 0) is 11.3 Å². The normalized spacial score (nSPS) is 22.7. The molecule has 1 amide bonds. The van der Waals surface area contributed by atoms with E-state index in [4.69, 9.17) is 17.3 Å². The summed E-state index contributed by atoms with van der Waals surface area (Å²) in [5, 5.41) is 0. The number of amides is 1. The number of carbonyl (C=O) groups excluding carboxylic acids is 1. The maximum absolute atomic E-state index is 12.6. The van der Waals surface area contributed by atoms with E-state index in [2.05, 4.69) is 0 Å². The summed E-state index contributed by atoms with van der Waals surface area (Å²) in [6, 6.07) is 3.89. The largest absolute Gasteiger partial charge is 0.338 e. The molecule has 2 N–H and O–H groups in total. The molecule has 1 heterocycles. The van der Waals surface area contributed by atoms with Crippen molar-refractivity contribution in [1.82, 2.24) is 4.90 Å². The lowest BCUT2D eigenvalue weighted by Gasteiger charge is -2.26. The van der Waals surface area contributed by atoms with Crippen molar-refractivity contribution in [3.05, 3.63) is 21.3 Å². The van der Waals surface area contributed by atoms with Crippen molar-refractivity contribution in [1.29, 1.82) is 0 Å². The molecule has 0 radical (unpaired) electrons. The first-order chi connectivity index (χ1) is 9.15. The number of halogens is 1. The van der Waals surface area contributed by atoms with Gasteiger partial charge in [-0.15, -0.1) is 11.3 Å². The highest BCUT2D eigenvalue weighted by Gasteiger charge is 2.34. The lowest BCUT2D eigenvalue weighted by atomic mass is 9.94. The average Bonchev–Trinajstić information content (AvgIpc) is 3.03. The van der Waals surface area contributed by atoms with Gasteiger partial charge < -0.3 is 10.6 Å². The molecule has 1 saturated carbocycles. The lowest BCUT2D eigenvalue weighted by Crippen LogP contribution is -2.38. The Hall–Kier alpha value is -0.580. The number of hydrogen-bond donors (Lipinski definition) is 1. The SMILES string of the molecule is CCN(Cc1ccc(Cl)s1)C(=O)C1CCCC1CN. The first kappa shape index (κ1) is 14.8. The molecule has 1 aliphatic rings. The van der Waals surface area contributed by atoms with Gasteiger partial charge in [0.15, 0.2) is 0 Å². The van der Waals surface area contributed by atoms with Crippen LogP contribution < -0.4 is 5.73 Å². The van der Waals surface area contributed by atoms with E-state index in [-0.39, 0.29) is 11.8 Å². The molecule has 0 saturated heterocycles. The van der Waals surface area contributed by atoms with Crippen molar-refractivity contribution < 1.29 is 4.79 Å². The zero-order valence-corrected chi connectivity index (χ0v) is 12.8. The Balaban J connectivity index is 2.02. The lowest BCUT2D eigenvalue weighted by molar-refractivity contribution is -0.137. The van der Waals surface area contributed by atoms with Crippen LogP contribution in [0.1, 0.15) is 31.1 Å². The molecule has 2 unspecified atom stereocenters. The number of thiophene rings is 1. The molecule has 1 aromatic heterocycles. The third kappa shape index (κ3) is 3.50. The van der Waals surface area contributed by atoms with Gasteiger partial charge in [0.25, 0.3) is 0 Å². The standard InChI is InChI=1S/C14H21ClN2OS/c1-2-17(9-11-6-7-13(15)19-11)14(18)12-5-3-4-10(12)8-16/h6-7,10,12H,2-5,8-9,16H2,1H3. The Labute approximate surface area is 123 Å². The predicted octanol–water partition coefficient (Wildman–Crippen LogP) is 3.13. The zero-order valence-electron chi connectivity index (χ0n) is 11.3. The van der Waals surface area contributed by atoms with Gasteiger partial charge in [0.05, 0.1) is 10.9 Å². The molecule has 1 aliphatic carbocycles. The van der Waals surface area contributed by atoms with E-state index in [0.717, 1.165) is 35.0 Å². The van der Waals surface area contributed by atoms with Crippen LogP contribution in [0.2, 0.25) is 4.34 Å². The summed E-state index contributed by atoms with van der Waals surface area (Å²) in [6.07, 6.45) is 3.21. The highest BCUT2D eigenvalue weighted by molar-refractivity contribution is 7.16. The van der Waals surface area contributed by atoms with Crippen LogP contribution in [0.3, 0.4) is 0 Å². The predicted molar refractivity (Wildman–Crippen MR) is 80.3 cm³/mol. The maximum Gasteiger partial charge on any atom is 0.226 e. The second-order valence-electron chi connectivity index (χ2n) is 5.09. The molecule has 5 heteroatoms. The molecule has 0 aromatic carbocycles. The summed E-state index contributed by atoms with van der Waals surface area (Å²) in [7, 11) is 0. The molecule has 0 spiro atoms. The fraction of sp³-hybridized carbons (Fsp3) is 0.643. The van der Waals surface area contributed by atoms with E-state index in [9.17, 15) is 4.79 Å². The zero-order chi connectivity index (χ0) is 13.8. The van der Waals surface area contributed by atoms with E-state index in [1.165, 1.54) is 0 Å². The monoisotopic (exact) mass is 300 g/mol. The molecule has 1 fully saturated rings. The van der Waals surface area contributed by atoms with Crippen LogP contribution >= 0.6 is 22.9 Å². The van der Waals surface area contributed by atoms with Crippen molar-refractivity contribution in [2.75, 3.05) is 13.1 Å². The van der Waals surface area contributed by atoms with Crippen LogP contribution in [0.15, 0.2) is 12.1 Å². The Bertz CT molecular complexity index is 435. The van der Waals surface area contributed by atoms with E-state index in [0.29, 0.717) is 19.0 Å². The quantitative estimate of drug-likeness (QED) is 0.908. The fourth-order valence-corrected chi connectivity index (χ4v) is 3.95. The first-order valence-corrected chi connectivity index (χ1v) is 8.08. The molecule has 106 valence electrons. The maximum atomic E-state index is 12.6. The Morgan fingerprint density at radius 3 is 2.89 bits per heavy atom. The highest BCUT2D eigenvalue weighted by atomic mass is 35.5. The Kier molecular flexibility index (Phi) is 5.25. The smallest absolute Gasteiger partial charge is 0.226 e. The minimum Gasteiger partial charge on any atom is -0.338 e. The average molecular weight is 301 g/mol. The minimum atomic E-state index is 0.125. The van der Waals surface area contributed by atoms with Gasteiger partial charge in [-0.25, -0.2) is 0 Å². The van der Waals surface area contributed by atoms with Gasteiger partial charge in [-0.05, 0) is 44.4 Å². The topological polar surface area (TPSA) is 46.3 Å². The van der Waals surface area contributed by atoms with Crippen LogP contribution in [0, 0.1) is 11.8 Å². The molecule has 2 rings (SSSR count). The van der Waals surface area contributed by atoms with Gasteiger partial charge >= 0.3 is 0 Å². The fourth-order valence-electron chi connectivity index (χ4n) is 2.85. The van der Waals surface area contributed by atoms with Crippen LogP contribution in [-0.4, -0.2) is 23.9 Å². The molecule has 3 nitrogen and oxygen atoms in total. The molecular weight excluding hydrogens is 280 g/mol. The molecular formula is C14H21ClN2OS. The van der Waals surface area contributed by atoms with E-state index >= 15 is 0 Å². The van der Waals surface area contributed by atoms with Gasteiger partial charge in [-0.1, -0.05) is 18.0 Å². The summed E-state index contributed by atoms with van der Waals surface area (Å²) >= 11 is 7.48. The number of nitrogens with two attached hydrogens (primary N) is 1. The van der Waals surface area contributed by atoms with Crippen LogP contribution in [0.25, 0.3) is 0 Å². The van der Waals surface area contributed by atoms with E-state index in [1.54, 1.807) is 11.3 Å². The molecule has 1 aromatic rings. The van der Waals surface area contributed by atoms with Crippen molar-refractivity contribution in [3.8, 4) is 0 Å².